The van der Waals surface area contributed by atoms with Gasteiger partial charge in [-0.05, 0) is 29.8 Å². The fourth-order valence-corrected chi connectivity index (χ4v) is 4.50. The molecule has 0 aliphatic carbocycles. The van der Waals surface area contributed by atoms with Gasteiger partial charge in [-0.15, -0.1) is 0 Å². The third-order valence-corrected chi connectivity index (χ3v) is 6.37. The summed E-state index contributed by atoms with van der Waals surface area (Å²) in [4.78, 5) is 30.0. The van der Waals surface area contributed by atoms with E-state index in [0.29, 0.717) is 24.5 Å². The minimum Gasteiger partial charge on any atom is -0.369 e. The Kier molecular flexibility index (Phi) is 6.29. The number of aromatic amines is 1. The number of benzene rings is 2. The fourth-order valence-electron chi connectivity index (χ4n) is 4.50. The normalized spacial score (nSPS) is 16.3. The van der Waals surface area contributed by atoms with E-state index in [-0.39, 0.29) is 11.8 Å². The predicted molar refractivity (Wildman–Crippen MR) is 129 cm³/mol. The van der Waals surface area contributed by atoms with Crippen LogP contribution in [0.4, 0.5) is 11.5 Å². The number of ether oxygens (including phenoxy) is 1. The van der Waals surface area contributed by atoms with Crippen molar-refractivity contribution < 1.29 is 14.3 Å². The SMILES string of the molecule is COC(C(=O)N1Cc2[nH]nc(NC(=O)c3ccc(N4CCNCC4)cc3)c2C1)c1ccccc1. The van der Waals surface area contributed by atoms with Crippen molar-refractivity contribution in [2.24, 2.45) is 0 Å². The molecule has 3 N–H and O–H groups in total. The molecule has 2 amide bonds. The smallest absolute Gasteiger partial charge is 0.256 e. The van der Waals surface area contributed by atoms with Crippen LogP contribution < -0.4 is 15.5 Å². The minimum absolute atomic E-state index is 0.126. The second-order valence-electron chi connectivity index (χ2n) is 8.49. The molecule has 0 saturated carbocycles. The Hall–Kier alpha value is -3.69. The number of carbonyl (C=O) groups is 2. The van der Waals surface area contributed by atoms with E-state index in [9.17, 15) is 9.59 Å². The highest BCUT2D eigenvalue weighted by atomic mass is 16.5. The number of amides is 2. The van der Waals surface area contributed by atoms with Gasteiger partial charge in [0.2, 0.25) is 0 Å². The molecule has 0 bridgehead atoms. The summed E-state index contributed by atoms with van der Waals surface area (Å²) in [6.07, 6.45) is -0.676. The number of nitrogens with zero attached hydrogens (tertiary/aromatic N) is 3. The Labute approximate surface area is 198 Å². The zero-order chi connectivity index (χ0) is 23.5. The molecule has 0 radical (unpaired) electrons. The minimum atomic E-state index is -0.676. The summed E-state index contributed by atoms with van der Waals surface area (Å²) in [7, 11) is 1.53. The first kappa shape index (κ1) is 22.1. The molecule has 3 aromatic rings. The Morgan fingerprint density at radius 1 is 1.03 bits per heavy atom. The van der Waals surface area contributed by atoms with Gasteiger partial charge in [-0.3, -0.25) is 14.7 Å². The molecule has 34 heavy (non-hydrogen) atoms. The van der Waals surface area contributed by atoms with E-state index in [0.717, 1.165) is 48.7 Å². The van der Waals surface area contributed by atoms with Crippen LogP contribution in [0.2, 0.25) is 0 Å². The molecule has 9 nitrogen and oxygen atoms in total. The van der Waals surface area contributed by atoms with Crippen molar-refractivity contribution in [3.05, 3.63) is 77.0 Å². The molecule has 5 rings (SSSR count). The molecule has 1 saturated heterocycles. The standard InChI is InChI=1S/C25H28N6O3/c1-34-22(17-5-3-2-4-6-17)25(33)31-15-20-21(16-31)28-29-23(20)27-24(32)18-7-9-19(10-8-18)30-13-11-26-12-14-30/h2-10,22,26H,11-16H2,1H3,(H2,27,28,29,32). The summed E-state index contributed by atoms with van der Waals surface area (Å²) in [6.45, 7) is 4.58. The van der Waals surface area contributed by atoms with Crippen LogP contribution in [0.5, 0.6) is 0 Å². The summed E-state index contributed by atoms with van der Waals surface area (Å²) in [6, 6.07) is 17.0. The van der Waals surface area contributed by atoms with E-state index in [1.807, 2.05) is 54.6 Å². The van der Waals surface area contributed by atoms with Crippen LogP contribution in [0.3, 0.4) is 0 Å². The van der Waals surface area contributed by atoms with Crippen molar-refractivity contribution in [3.63, 3.8) is 0 Å². The summed E-state index contributed by atoms with van der Waals surface area (Å²) in [5.41, 5.74) is 4.12. The number of nitrogens with one attached hydrogen (secondary N) is 3. The highest BCUT2D eigenvalue weighted by Crippen LogP contribution is 2.30. The molecule has 3 heterocycles. The van der Waals surface area contributed by atoms with Gasteiger partial charge in [0.1, 0.15) is 0 Å². The summed E-state index contributed by atoms with van der Waals surface area (Å²) >= 11 is 0. The molecule has 2 aromatic carbocycles. The van der Waals surface area contributed by atoms with Crippen LogP contribution in [0.15, 0.2) is 54.6 Å². The van der Waals surface area contributed by atoms with Crippen LogP contribution in [-0.2, 0) is 22.6 Å². The molecular weight excluding hydrogens is 432 g/mol. The number of hydrogen-bond acceptors (Lipinski definition) is 6. The van der Waals surface area contributed by atoms with Crippen LogP contribution >= 0.6 is 0 Å². The first-order chi connectivity index (χ1) is 16.6. The van der Waals surface area contributed by atoms with E-state index >= 15 is 0 Å². The molecule has 1 atom stereocenters. The van der Waals surface area contributed by atoms with Crippen molar-refractivity contribution in [1.82, 2.24) is 20.4 Å². The number of anilines is 2. The third-order valence-electron chi connectivity index (χ3n) is 6.37. The van der Waals surface area contributed by atoms with Crippen molar-refractivity contribution in [2.75, 3.05) is 43.5 Å². The first-order valence-corrected chi connectivity index (χ1v) is 11.4. The Bertz CT molecular complexity index is 1160. The topological polar surface area (TPSA) is 103 Å². The van der Waals surface area contributed by atoms with Gasteiger partial charge >= 0.3 is 0 Å². The second kappa shape index (κ2) is 9.66. The molecule has 176 valence electrons. The lowest BCUT2D eigenvalue weighted by molar-refractivity contribution is -0.143. The van der Waals surface area contributed by atoms with Crippen molar-refractivity contribution in [1.29, 1.82) is 0 Å². The second-order valence-corrected chi connectivity index (χ2v) is 8.49. The van der Waals surface area contributed by atoms with Gasteiger partial charge in [0.25, 0.3) is 11.8 Å². The highest BCUT2D eigenvalue weighted by molar-refractivity contribution is 6.04. The Morgan fingerprint density at radius 3 is 2.47 bits per heavy atom. The van der Waals surface area contributed by atoms with E-state index < -0.39 is 6.10 Å². The van der Waals surface area contributed by atoms with E-state index in [1.165, 1.54) is 7.11 Å². The lowest BCUT2D eigenvalue weighted by Gasteiger charge is -2.29. The number of hydrogen-bond donors (Lipinski definition) is 3. The fraction of sp³-hybridized carbons (Fsp3) is 0.320. The molecule has 9 heteroatoms. The Morgan fingerprint density at radius 2 is 1.76 bits per heavy atom. The first-order valence-electron chi connectivity index (χ1n) is 11.4. The quantitative estimate of drug-likeness (QED) is 0.522. The molecule has 1 aromatic heterocycles. The maximum atomic E-state index is 13.1. The van der Waals surface area contributed by atoms with Gasteiger partial charge in [-0.2, -0.15) is 5.10 Å². The van der Waals surface area contributed by atoms with Crippen molar-refractivity contribution in [2.45, 2.75) is 19.2 Å². The van der Waals surface area contributed by atoms with E-state index in [4.69, 9.17) is 4.74 Å². The maximum Gasteiger partial charge on any atom is 0.256 e. The number of piperazine rings is 1. The summed E-state index contributed by atoms with van der Waals surface area (Å²) < 4.78 is 5.50. The monoisotopic (exact) mass is 460 g/mol. The summed E-state index contributed by atoms with van der Waals surface area (Å²) in [5, 5.41) is 13.5. The van der Waals surface area contributed by atoms with Gasteiger partial charge in [0, 0.05) is 50.1 Å². The van der Waals surface area contributed by atoms with Crippen LogP contribution in [-0.4, -0.2) is 60.2 Å². The number of methoxy groups -OCH3 is 1. The summed E-state index contributed by atoms with van der Waals surface area (Å²) in [5.74, 6) is 0.0965. The lowest BCUT2D eigenvalue weighted by Crippen LogP contribution is -2.43. The molecule has 1 unspecified atom stereocenters. The largest absolute Gasteiger partial charge is 0.369 e. The highest BCUT2D eigenvalue weighted by Gasteiger charge is 2.33. The molecule has 2 aliphatic heterocycles. The number of H-pyrrole nitrogens is 1. The number of rotatable bonds is 6. The predicted octanol–water partition coefficient (Wildman–Crippen LogP) is 2.30. The molecular formula is C25H28N6O3. The third kappa shape index (κ3) is 4.40. The van der Waals surface area contributed by atoms with Crippen LogP contribution in [0.1, 0.15) is 33.3 Å². The van der Waals surface area contributed by atoms with Gasteiger partial charge in [-0.1, -0.05) is 30.3 Å². The zero-order valence-corrected chi connectivity index (χ0v) is 19.1. The molecule has 0 spiro atoms. The van der Waals surface area contributed by atoms with E-state index in [2.05, 4.69) is 25.7 Å². The molecule has 1 fully saturated rings. The number of aromatic nitrogens is 2. The van der Waals surface area contributed by atoms with Crippen molar-refractivity contribution in [3.8, 4) is 0 Å². The average molecular weight is 461 g/mol. The average Bonchev–Trinajstić information content (AvgIpc) is 3.48. The lowest BCUT2D eigenvalue weighted by atomic mass is 10.1. The zero-order valence-electron chi connectivity index (χ0n) is 19.1. The number of carbonyl (C=O) groups excluding carboxylic acids is 2. The van der Waals surface area contributed by atoms with Crippen molar-refractivity contribution >= 4 is 23.3 Å². The van der Waals surface area contributed by atoms with Gasteiger partial charge in [0.15, 0.2) is 11.9 Å². The Balaban J connectivity index is 1.24. The van der Waals surface area contributed by atoms with E-state index in [1.54, 1.807) is 4.90 Å². The van der Waals surface area contributed by atoms with Gasteiger partial charge in [0.05, 0.1) is 18.8 Å². The van der Waals surface area contributed by atoms with Gasteiger partial charge in [-0.25, -0.2) is 0 Å². The maximum absolute atomic E-state index is 13.1. The van der Waals surface area contributed by atoms with Crippen LogP contribution in [0, 0.1) is 0 Å². The number of fused-ring (bicyclic) bond motifs is 1. The van der Waals surface area contributed by atoms with Gasteiger partial charge < -0.3 is 25.2 Å². The molecule has 2 aliphatic rings. The van der Waals surface area contributed by atoms with Crippen LogP contribution in [0.25, 0.3) is 0 Å².